The van der Waals surface area contributed by atoms with E-state index in [4.69, 9.17) is 17.0 Å². The van der Waals surface area contributed by atoms with Crippen molar-refractivity contribution in [2.75, 3.05) is 17.9 Å². The molecule has 0 bridgehead atoms. The van der Waals surface area contributed by atoms with Crippen LogP contribution >= 0.6 is 12.2 Å². The number of aromatic nitrogens is 1. The standard InChI is InChI=1S/C19H20N4OS/c1-12-5-4-6-16-13(2)11-17(21-18(12)16)22-23-19(25)20-14-7-9-15(24-3)10-8-14/h4-11H,1-3H3,(H,21,22)(H2,20,23,25). The van der Waals surface area contributed by atoms with Crippen LogP contribution in [0.2, 0.25) is 0 Å². The Morgan fingerprint density at radius 2 is 1.80 bits per heavy atom. The van der Waals surface area contributed by atoms with Crippen molar-refractivity contribution in [3.63, 3.8) is 0 Å². The van der Waals surface area contributed by atoms with Gasteiger partial charge in [-0.25, -0.2) is 4.98 Å². The molecule has 0 aliphatic heterocycles. The fourth-order valence-electron chi connectivity index (χ4n) is 2.58. The fraction of sp³-hybridized carbons (Fsp3) is 0.158. The van der Waals surface area contributed by atoms with E-state index in [2.05, 4.69) is 47.1 Å². The molecule has 1 heterocycles. The number of nitrogens with zero attached hydrogens (tertiary/aromatic N) is 1. The predicted molar refractivity (Wildman–Crippen MR) is 107 cm³/mol. The lowest BCUT2D eigenvalue weighted by Gasteiger charge is -2.14. The summed E-state index contributed by atoms with van der Waals surface area (Å²) >= 11 is 5.31. The number of benzene rings is 2. The van der Waals surface area contributed by atoms with E-state index in [0.29, 0.717) is 5.11 Å². The summed E-state index contributed by atoms with van der Waals surface area (Å²) < 4.78 is 5.14. The van der Waals surface area contributed by atoms with Crippen LogP contribution in [0, 0.1) is 13.8 Å². The number of nitrogens with one attached hydrogen (secondary N) is 3. The zero-order valence-corrected chi connectivity index (χ0v) is 15.2. The highest BCUT2D eigenvalue weighted by molar-refractivity contribution is 7.80. The highest BCUT2D eigenvalue weighted by Crippen LogP contribution is 2.22. The summed E-state index contributed by atoms with van der Waals surface area (Å²) in [5.41, 5.74) is 10.2. The van der Waals surface area contributed by atoms with E-state index < -0.39 is 0 Å². The summed E-state index contributed by atoms with van der Waals surface area (Å²) in [7, 11) is 1.64. The molecule has 3 aromatic rings. The molecular formula is C19H20N4OS. The van der Waals surface area contributed by atoms with Crippen molar-refractivity contribution < 1.29 is 4.74 Å². The molecule has 2 aromatic carbocycles. The minimum Gasteiger partial charge on any atom is -0.497 e. The van der Waals surface area contributed by atoms with E-state index in [0.717, 1.165) is 39.3 Å². The van der Waals surface area contributed by atoms with Crippen molar-refractivity contribution in [1.82, 2.24) is 10.4 Å². The maximum absolute atomic E-state index is 5.31. The van der Waals surface area contributed by atoms with Crippen molar-refractivity contribution in [2.24, 2.45) is 0 Å². The molecule has 0 spiro atoms. The fourth-order valence-corrected chi connectivity index (χ4v) is 2.75. The first kappa shape index (κ1) is 17.0. The van der Waals surface area contributed by atoms with E-state index in [1.54, 1.807) is 7.11 Å². The molecule has 0 aliphatic carbocycles. The van der Waals surface area contributed by atoms with E-state index in [-0.39, 0.29) is 0 Å². The molecule has 0 saturated heterocycles. The van der Waals surface area contributed by atoms with Gasteiger partial charge in [0.2, 0.25) is 0 Å². The summed E-state index contributed by atoms with van der Waals surface area (Å²) in [6, 6.07) is 15.7. The summed E-state index contributed by atoms with van der Waals surface area (Å²) in [5, 5.41) is 4.71. The Hall–Kier alpha value is -2.86. The van der Waals surface area contributed by atoms with Gasteiger partial charge < -0.3 is 10.1 Å². The van der Waals surface area contributed by atoms with Gasteiger partial charge in [0, 0.05) is 11.1 Å². The molecule has 0 atom stereocenters. The largest absolute Gasteiger partial charge is 0.497 e. The highest BCUT2D eigenvalue weighted by atomic mass is 32.1. The van der Waals surface area contributed by atoms with Crippen molar-refractivity contribution in [1.29, 1.82) is 0 Å². The first-order valence-corrected chi connectivity index (χ1v) is 8.31. The summed E-state index contributed by atoms with van der Waals surface area (Å²) in [5.74, 6) is 1.52. The Bertz CT molecular complexity index is 909. The van der Waals surface area contributed by atoms with Gasteiger partial charge in [0.1, 0.15) is 11.6 Å². The van der Waals surface area contributed by atoms with Gasteiger partial charge in [-0.1, -0.05) is 18.2 Å². The molecule has 0 radical (unpaired) electrons. The average Bonchev–Trinajstić information content (AvgIpc) is 2.61. The first-order chi connectivity index (χ1) is 12.1. The first-order valence-electron chi connectivity index (χ1n) is 7.91. The van der Waals surface area contributed by atoms with Crippen LogP contribution in [0.15, 0.2) is 48.5 Å². The molecule has 1 aromatic heterocycles. The van der Waals surface area contributed by atoms with Crippen LogP contribution in [0.25, 0.3) is 10.9 Å². The summed E-state index contributed by atoms with van der Waals surface area (Å²) in [6.45, 7) is 4.13. The predicted octanol–water partition coefficient (Wildman–Crippen LogP) is 4.17. The third-order valence-corrected chi connectivity index (χ3v) is 4.10. The second kappa shape index (κ2) is 7.36. The molecule has 0 amide bonds. The molecule has 3 N–H and O–H groups in total. The van der Waals surface area contributed by atoms with Gasteiger partial charge in [-0.2, -0.15) is 0 Å². The zero-order valence-electron chi connectivity index (χ0n) is 14.4. The number of thiocarbonyl (C=S) groups is 1. The smallest absolute Gasteiger partial charge is 0.189 e. The van der Waals surface area contributed by atoms with E-state index >= 15 is 0 Å². The van der Waals surface area contributed by atoms with Gasteiger partial charge in [0.15, 0.2) is 5.11 Å². The van der Waals surface area contributed by atoms with Crippen molar-refractivity contribution in [3.05, 3.63) is 59.7 Å². The number of ether oxygens (including phenoxy) is 1. The maximum Gasteiger partial charge on any atom is 0.189 e. The number of rotatable bonds is 4. The molecular weight excluding hydrogens is 332 g/mol. The highest BCUT2D eigenvalue weighted by Gasteiger charge is 2.05. The number of hydrogen-bond donors (Lipinski definition) is 3. The Morgan fingerprint density at radius 3 is 2.52 bits per heavy atom. The van der Waals surface area contributed by atoms with Gasteiger partial charge in [-0.3, -0.25) is 10.9 Å². The second-order valence-electron chi connectivity index (χ2n) is 5.73. The number of anilines is 2. The van der Waals surface area contributed by atoms with Crippen molar-refractivity contribution in [3.8, 4) is 5.75 Å². The van der Waals surface area contributed by atoms with Crippen LogP contribution in [-0.2, 0) is 0 Å². The minimum atomic E-state index is 0.453. The van der Waals surface area contributed by atoms with Gasteiger partial charge in [0.05, 0.1) is 12.6 Å². The van der Waals surface area contributed by atoms with Gasteiger partial charge in [-0.15, -0.1) is 0 Å². The Balaban J connectivity index is 1.67. The molecule has 0 saturated carbocycles. The molecule has 0 fully saturated rings. The van der Waals surface area contributed by atoms with Crippen LogP contribution in [0.3, 0.4) is 0 Å². The lowest BCUT2D eigenvalue weighted by Crippen LogP contribution is -2.33. The summed E-state index contributed by atoms with van der Waals surface area (Å²) in [6.07, 6.45) is 0. The topological polar surface area (TPSA) is 58.2 Å². The molecule has 0 aliphatic rings. The quantitative estimate of drug-likeness (QED) is 0.484. The van der Waals surface area contributed by atoms with E-state index in [1.165, 1.54) is 0 Å². The molecule has 0 unspecified atom stereocenters. The van der Waals surface area contributed by atoms with Gasteiger partial charge >= 0.3 is 0 Å². The van der Waals surface area contributed by atoms with E-state index in [1.807, 2.05) is 36.4 Å². The number of methoxy groups -OCH3 is 1. The number of hydrogen-bond acceptors (Lipinski definition) is 4. The second-order valence-corrected chi connectivity index (χ2v) is 6.14. The number of para-hydroxylation sites is 1. The van der Waals surface area contributed by atoms with Crippen LogP contribution in [0.4, 0.5) is 11.5 Å². The Kier molecular flexibility index (Phi) is 5.00. The maximum atomic E-state index is 5.31. The van der Waals surface area contributed by atoms with Crippen LogP contribution in [-0.4, -0.2) is 17.2 Å². The molecule has 3 rings (SSSR count). The molecule has 6 heteroatoms. The van der Waals surface area contributed by atoms with Gasteiger partial charge in [0.25, 0.3) is 0 Å². The average molecular weight is 352 g/mol. The Labute approximate surface area is 152 Å². The van der Waals surface area contributed by atoms with Crippen molar-refractivity contribution >= 4 is 39.7 Å². The number of hydrazine groups is 1. The van der Waals surface area contributed by atoms with Crippen LogP contribution in [0.1, 0.15) is 11.1 Å². The minimum absolute atomic E-state index is 0.453. The lowest BCUT2D eigenvalue weighted by molar-refractivity contribution is 0.415. The molecule has 128 valence electrons. The monoisotopic (exact) mass is 352 g/mol. The van der Waals surface area contributed by atoms with E-state index in [9.17, 15) is 0 Å². The Morgan fingerprint density at radius 1 is 1.04 bits per heavy atom. The van der Waals surface area contributed by atoms with Crippen LogP contribution < -0.4 is 20.9 Å². The number of pyridine rings is 1. The third-order valence-electron chi connectivity index (χ3n) is 3.90. The SMILES string of the molecule is COc1ccc(NC(=S)NNc2cc(C)c3cccc(C)c3n2)cc1. The number of aryl methyl sites for hydroxylation is 2. The molecule has 5 nitrogen and oxygen atoms in total. The molecule has 25 heavy (non-hydrogen) atoms. The third kappa shape index (κ3) is 3.97. The normalized spacial score (nSPS) is 10.4. The van der Waals surface area contributed by atoms with Gasteiger partial charge in [-0.05, 0) is 67.5 Å². The zero-order chi connectivity index (χ0) is 17.8. The van der Waals surface area contributed by atoms with Crippen LogP contribution in [0.5, 0.6) is 5.75 Å². The summed E-state index contributed by atoms with van der Waals surface area (Å²) in [4.78, 5) is 4.66. The van der Waals surface area contributed by atoms with Crippen molar-refractivity contribution in [2.45, 2.75) is 13.8 Å². The lowest BCUT2D eigenvalue weighted by atomic mass is 10.1. The number of fused-ring (bicyclic) bond motifs is 1.